The average molecular weight is 299 g/mol. The monoisotopic (exact) mass is 299 g/mol. The van der Waals surface area contributed by atoms with Crippen LogP contribution in [0.3, 0.4) is 0 Å². The van der Waals surface area contributed by atoms with Crippen molar-refractivity contribution >= 4 is 11.6 Å². The van der Waals surface area contributed by atoms with Gasteiger partial charge in [-0.1, -0.05) is 18.2 Å². The molecule has 1 saturated heterocycles. The first-order valence-electron chi connectivity index (χ1n) is 7.51. The van der Waals surface area contributed by atoms with Crippen LogP contribution < -0.4 is 4.90 Å². The van der Waals surface area contributed by atoms with Crippen molar-refractivity contribution in [1.82, 2.24) is 10.0 Å². The number of amides is 1. The van der Waals surface area contributed by atoms with Gasteiger partial charge in [-0.15, -0.1) is 0 Å². The summed E-state index contributed by atoms with van der Waals surface area (Å²) in [7, 11) is 4.12. The summed E-state index contributed by atoms with van der Waals surface area (Å²) in [6.07, 6.45) is 2.47. The van der Waals surface area contributed by atoms with E-state index in [1.165, 1.54) is 6.26 Å². The van der Waals surface area contributed by atoms with Gasteiger partial charge in [-0.25, -0.2) is 10.0 Å². The van der Waals surface area contributed by atoms with E-state index >= 15 is 0 Å². The SMILES string of the molecule is CN1CCC(N(C(=O)c2ccco2)c2ccccc2)CN1C. The third-order valence-corrected chi connectivity index (χ3v) is 4.19. The Morgan fingerprint density at radius 3 is 2.55 bits per heavy atom. The molecule has 0 aliphatic carbocycles. The van der Waals surface area contributed by atoms with E-state index in [-0.39, 0.29) is 11.9 Å². The van der Waals surface area contributed by atoms with Crippen molar-refractivity contribution in [3.63, 3.8) is 0 Å². The average Bonchev–Trinajstić information content (AvgIpc) is 3.06. The maximum absolute atomic E-state index is 12.9. The smallest absolute Gasteiger partial charge is 0.294 e. The maximum Gasteiger partial charge on any atom is 0.294 e. The van der Waals surface area contributed by atoms with Gasteiger partial charge in [0, 0.05) is 32.9 Å². The molecule has 0 saturated carbocycles. The van der Waals surface area contributed by atoms with Crippen LogP contribution in [0.4, 0.5) is 5.69 Å². The number of likely N-dealkylation sites (N-methyl/N-ethyl adjacent to an activating group) is 1. The van der Waals surface area contributed by atoms with E-state index in [2.05, 4.69) is 17.1 Å². The highest BCUT2D eigenvalue weighted by atomic mass is 16.3. The molecule has 1 unspecified atom stereocenters. The van der Waals surface area contributed by atoms with Crippen LogP contribution in [0.2, 0.25) is 0 Å². The molecule has 0 spiro atoms. The molecule has 1 aliphatic heterocycles. The van der Waals surface area contributed by atoms with Crippen LogP contribution in [0.1, 0.15) is 17.0 Å². The molecule has 1 aromatic carbocycles. The molecule has 5 nitrogen and oxygen atoms in total. The van der Waals surface area contributed by atoms with Gasteiger partial charge in [0.2, 0.25) is 0 Å². The van der Waals surface area contributed by atoms with Gasteiger partial charge in [-0.05, 0) is 30.7 Å². The van der Waals surface area contributed by atoms with Crippen LogP contribution in [0, 0.1) is 0 Å². The minimum Gasteiger partial charge on any atom is -0.459 e. The molecule has 1 atom stereocenters. The lowest BCUT2D eigenvalue weighted by atomic mass is 10.1. The Kier molecular flexibility index (Phi) is 4.27. The lowest BCUT2D eigenvalue weighted by Crippen LogP contribution is -2.55. The van der Waals surface area contributed by atoms with E-state index in [1.54, 1.807) is 12.1 Å². The van der Waals surface area contributed by atoms with Crippen molar-refractivity contribution in [1.29, 1.82) is 0 Å². The van der Waals surface area contributed by atoms with E-state index in [9.17, 15) is 4.79 Å². The van der Waals surface area contributed by atoms with Crippen LogP contribution >= 0.6 is 0 Å². The van der Waals surface area contributed by atoms with Gasteiger partial charge >= 0.3 is 0 Å². The first-order valence-corrected chi connectivity index (χ1v) is 7.51. The molecule has 0 radical (unpaired) electrons. The van der Waals surface area contributed by atoms with Crippen LogP contribution in [-0.2, 0) is 0 Å². The minimum absolute atomic E-state index is 0.0841. The van der Waals surface area contributed by atoms with Crippen molar-refractivity contribution < 1.29 is 9.21 Å². The van der Waals surface area contributed by atoms with E-state index in [1.807, 2.05) is 42.3 Å². The Bertz CT molecular complexity index is 612. The molecular weight excluding hydrogens is 278 g/mol. The van der Waals surface area contributed by atoms with Crippen molar-refractivity contribution in [2.75, 3.05) is 32.1 Å². The number of rotatable bonds is 3. The van der Waals surface area contributed by atoms with Gasteiger partial charge in [0.1, 0.15) is 0 Å². The predicted octanol–water partition coefficient (Wildman–Crippen LogP) is 2.48. The fraction of sp³-hybridized carbons (Fsp3) is 0.353. The number of benzene rings is 1. The number of hydrogen-bond donors (Lipinski definition) is 0. The maximum atomic E-state index is 12.9. The number of anilines is 1. The molecule has 2 aromatic rings. The fourth-order valence-electron chi connectivity index (χ4n) is 2.85. The second-order valence-electron chi connectivity index (χ2n) is 5.65. The number of nitrogens with zero attached hydrogens (tertiary/aromatic N) is 3. The van der Waals surface area contributed by atoms with E-state index < -0.39 is 0 Å². The molecule has 1 amide bonds. The standard InChI is InChI=1S/C17H21N3O2/c1-18-11-10-15(13-19(18)2)20(14-7-4-3-5-8-14)17(21)16-9-6-12-22-16/h3-9,12,15H,10-11,13H2,1-2H3. The van der Waals surface area contributed by atoms with Crippen molar-refractivity contribution in [3.8, 4) is 0 Å². The van der Waals surface area contributed by atoms with Gasteiger partial charge in [-0.2, -0.15) is 0 Å². The van der Waals surface area contributed by atoms with Crippen LogP contribution in [0.15, 0.2) is 53.1 Å². The van der Waals surface area contributed by atoms with E-state index in [0.717, 1.165) is 25.2 Å². The van der Waals surface area contributed by atoms with Gasteiger partial charge in [-0.3, -0.25) is 4.79 Å². The first kappa shape index (κ1) is 14.8. The molecule has 22 heavy (non-hydrogen) atoms. The second kappa shape index (κ2) is 6.34. The molecular formula is C17H21N3O2. The van der Waals surface area contributed by atoms with Crippen molar-refractivity contribution in [3.05, 3.63) is 54.5 Å². The fourth-order valence-corrected chi connectivity index (χ4v) is 2.85. The molecule has 3 rings (SSSR count). The summed E-state index contributed by atoms with van der Waals surface area (Å²) in [5.41, 5.74) is 0.909. The molecule has 116 valence electrons. The number of hydrazine groups is 1. The summed E-state index contributed by atoms with van der Waals surface area (Å²) >= 11 is 0. The Balaban J connectivity index is 1.92. The van der Waals surface area contributed by atoms with Gasteiger partial charge in [0.05, 0.1) is 12.3 Å². The summed E-state index contributed by atoms with van der Waals surface area (Å²) in [5.74, 6) is 0.296. The minimum atomic E-state index is -0.0841. The van der Waals surface area contributed by atoms with Crippen LogP contribution in [0.25, 0.3) is 0 Å². The van der Waals surface area contributed by atoms with Crippen molar-refractivity contribution in [2.45, 2.75) is 12.5 Å². The third-order valence-electron chi connectivity index (χ3n) is 4.19. The lowest BCUT2D eigenvalue weighted by Gasteiger charge is -2.42. The second-order valence-corrected chi connectivity index (χ2v) is 5.65. The molecule has 1 fully saturated rings. The molecule has 2 heterocycles. The number of hydrogen-bond acceptors (Lipinski definition) is 4. The van der Waals surface area contributed by atoms with Crippen molar-refractivity contribution in [2.24, 2.45) is 0 Å². The normalized spacial score (nSPS) is 20.0. The first-order chi connectivity index (χ1) is 10.7. The predicted molar refractivity (Wildman–Crippen MR) is 85.6 cm³/mol. The summed E-state index contributed by atoms with van der Waals surface area (Å²) in [4.78, 5) is 14.8. The van der Waals surface area contributed by atoms with Gasteiger partial charge in [0.25, 0.3) is 5.91 Å². The van der Waals surface area contributed by atoms with E-state index in [0.29, 0.717) is 5.76 Å². The molecule has 1 aromatic heterocycles. The summed E-state index contributed by atoms with van der Waals surface area (Å²) in [5, 5.41) is 4.33. The Labute approximate surface area is 130 Å². The van der Waals surface area contributed by atoms with Gasteiger partial charge < -0.3 is 9.32 Å². The molecule has 1 aliphatic rings. The topological polar surface area (TPSA) is 39.9 Å². The molecule has 5 heteroatoms. The lowest BCUT2D eigenvalue weighted by molar-refractivity contribution is -0.0103. The zero-order chi connectivity index (χ0) is 15.5. The number of para-hydroxylation sites is 1. The Morgan fingerprint density at radius 2 is 1.91 bits per heavy atom. The molecule has 0 N–H and O–H groups in total. The largest absolute Gasteiger partial charge is 0.459 e. The Morgan fingerprint density at radius 1 is 1.14 bits per heavy atom. The van der Waals surface area contributed by atoms with Crippen LogP contribution in [0.5, 0.6) is 0 Å². The Hall–Kier alpha value is -2.11. The number of furan rings is 1. The summed E-state index contributed by atoms with van der Waals surface area (Å²) in [6.45, 7) is 1.73. The summed E-state index contributed by atoms with van der Waals surface area (Å²) < 4.78 is 5.32. The quantitative estimate of drug-likeness (QED) is 0.873. The number of carbonyl (C=O) groups excluding carboxylic acids is 1. The van der Waals surface area contributed by atoms with Gasteiger partial charge in [0.15, 0.2) is 5.76 Å². The molecule has 0 bridgehead atoms. The van der Waals surface area contributed by atoms with Crippen LogP contribution in [-0.4, -0.2) is 49.2 Å². The highest BCUT2D eigenvalue weighted by Gasteiger charge is 2.32. The number of carbonyl (C=O) groups is 1. The summed E-state index contributed by atoms with van der Waals surface area (Å²) in [6, 6.07) is 13.4. The third kappa shape index (κ3) is 2.91. The van der Waals surface area contributed by atoms with E-state index in [4.69, 9.17) is 4.42 Å². The highest BCUT2D eigenvalue weighted by Crippen LogP contribution is 2.24. The zero-order valence-electron chi connectivity index (χ0n) is 13.0. The highest BCUT2D eigenvalue weighted by molar-refractivity contribution is 6.04. The zero-order valence-corrected chi connectivity index (χ0v) is 13.0.